The van der Waals surface area contributed by atoms with Gasteiger partial charge in [-0.3, -0.25) is 4.98 Å². The molecule has 0 unspecified atom stereocenters. The van der Waals surface area contributed by atoms with Crippen LogP contribution < -0.4 is 0 Å². The molecular formula is C18H18N6. The van der Waals surface area contributed by atoms with E-state index in [4.69, 9.17) is 4.98 Å². The van der Waals surface area contributed by atoms with Crippen molar-refractivity contribution in [1.82, 2.24) is 29.1 Å². The number of pyridine rings is 1. The van der Waals surface area contributed by atoms with Crippen LogP contribution in [0.5, 0.6) is 0 Å². The molecule has 4 aromatic rings. The first-order chi connectivity index (χ1) is 11.6. The van der Waals surface area contributed by atoms with E-state index in [1.165, 1.54) is 5.56 Å². The molecule has 0 fully saturated rings. The van der Waals surface area contributed by atoms with Crippen molar-refractivity contribution in [2.75, 3.05) is 0 Å². The quantitative estimate of drug-likeness (QED) is 0.581. The second kappa shape index (κ2) is 5.56. The molecule has 24 heavy (non-hydrogen) atoms. The van der Waals surface area contributed by atoms with Gasteiger partial charge >= 0.3 is 0 Å². The highest BCUT2D eigenvalue weighted by Gasteiger charge is 2.13. The summed E-state index contributed by atoms with van der Waals surface area (Å²) >= 11 is 0. The van der Waals surface area contributed by atoms with Gasteiger partial charge < -0.3 is 4.57 Å². The highest BCUT2D eigenvalue weighted by molar-refractivity contribution is 5.61. The molecule has 0 radical (unpaired) electrons. The van der Waals surface area contributed by atoms with E-state index in [0.29, 0.717) is 5.92 Å². The Morgan fingerprint density at radius 3 is 2.67 bits per heavy atom. The third kappa shape index (κ3) is 2.36. The Balaban J connectivity index is 1.80. The largest absolute Gasteiger partial charge is 0.301 e. The van der Waals surface area contributed by atoms with Crippen molar-refractivity contribution in [1.29, 1.82) is 0 Å². The van der Waals surface area contributed by atoms with Gasteiger partial charge in [-0.25, -0.2) is 14.5 Å². The van der Waals surface area contributed by atoms with Crippen LogP contribution in [0.4, 0.5) is 0 Å². The van der Waals surface area contributed by atoms with E-state index in [1.54, 1.807) is 12.5 Å². The average Bonchev–Trinajstić information content (AvgIpc) is 3.21. The normalized spacial score (nSPS) is 11.5. The van der Waals surface area contributed by atoms with Crippen LogP contribution in [0.2, 0.25) is 0 Å². The number of hydrogen-bond acceptors (Lipinski definition) is 4. The molecule has 0 aliphatic heterocycles. The minimum Gasteiger partial charge on any atom is -0.301 e. The molecule has 0 aliphatic carbocycles. The lowest BCUT2D eigenvalue weighted by Crippen LogP contribution is -2.02. The Kier molecular flexibility index (Phi) is 3.37. The first-order valence-corrected chi connectivity index (χ1v) is 7.94. The SMILES string of the molecule is Cc1nc2c(-n3cnc(-c4ccccn4)c3)cnn2cc1C(C)C. The molecular weight excluding hydrogens is 300 g/mol. The van der Waals surface area contributed by atoms with Crippen LogP contribution in [-0.4, -0.2) is 29.1 Å². The molecule has 6 nitrogen and oxygen atoms in total. The topological polar surface area (TPSA) is 60.9 Å². The minimum absolute atomic E-state index is 0.415. The zero-order chi connectivity index (χ0) is 16.7. The first-order valence-electron chi connectivity index (χ1n) is 7.94. The van der Waals surface area contributed by atoms with Crippen molar-refractivity contribution in [2.45, 2.75) is 26.7 Å². The molecule has 0 N–H and O–H groups in total. The molecule has 0 atom stereocenters. The molecule has 0 aromatic carbocycles. The van der Waals surface area contributed by atoms with Gasteiger partial charge in [0, 0.05) is 24.3 Å². The summed E-state index contributed by atoms with van der Waals surface area (Å²) < 4.78 is 3.77. The summed E-state index contributed by atoms with van der Waals surface area (Å²) in [6.45, 7) is 6.36. The second-order valence-electron chi connectivity index (χ2n) is 6.12. The summed E-state index contributed by atoms with van der Waals surface area (Å²) in [5, 5.41) is 4.45. The predicted octanol–water partition coefficient (Wildman–Crippen LogP) is 3.41. The Hall–Kier alpha value is -3.02. The van der Waals surface area contributed by atoms with Crippen LogP contribution >= 0.6 is 0 Å². The molecule has 0 aliphatic rings. The van der Waals surface area contributed by atoms with Gasteiger partial charge in [0.25, 0.3) is 0 Å². The van der Waals surface area contributed by atoms with Gasteiger partial charge in [-0.2, -0.15) is 5.10 Å². The van der Waals surface area contributed by atoms with Crippen LogP contribution in [0.15, 0.2) is 49.3 Å². The van der Waals surface area contributed by atoms with E-state index < -0.39 is 0 Å². The van der Waals surface area contributed by atoms with Crippen LogP contribution in [0.3, 0.4) is 0 Å². The number of imidazole rings is 1. The second-order valence-corrected chi connectivity index (χ2v) is 6.12. The van der Waals surface area contributed by atoms with Crippen LogP contribution in [0.25, 0.3) is 22.7 Å². The van der Waals surface area contributed by atoms with E-state index in [2.05, 4.69) is 35.1 Å². The van der Waals surface area contributed by atoms with Gasteiger partial charge in [0.15, 0.2) is 5.65 Å². The van der Waals surface area contributed by atoms with Crippen molar-refractivity contribution in [3.8, 4) is 17.1 Å². The summed E-state index contributed by atoms with van der Waals surface area (Å²) in [4.78, 5) is 13.5. The summed E-state index contributed by atoms with van der Waals surface area (Å²) in [6, 6.07) is 5.79. The van der Waals surface area contributed by atoms with Crippen LogP contribution in [0.1, 0.15) is 31.0 Å². The maximum absolute atomic E-state index is 4.75. The van der Waals surface area contributed by atoms with Crippen molar-refractivity contribution >= 4 is 5.65 Å². The Labute approximate surface area is 139 Å². The third-order valence-corrected chi connectivity index (χ3v) is 4.11. The minimum atomic E-state index is 0.415. The monoisotopic (exact) mass is 318 g/mol. The number of aromatic nitrogens is 6. The van der Waals surface area contributed by atoms with Gasteiger partial charge in [-0.1, -0.05) is 19.9 Å². The van der Waals surface area contributed by atoms with Crippen molar-refractivity contribution in [3.63, 3.8) is 0 Å². The lowest BCUT2D eigenvalue weighted by atomic mass is 10.0. The van der Waals surface area contributed by atoms with Crippen molar-refractivity contribution < 1.29 is 0 Å². The van der Waals surface area contributed by atoms with E-state index >= 15 is 0 Å². The van der Waals surface area contributed by atoms with Gasteiger partial charge in [0.2, 0.25) is 0 Å². The average molecular weight is 318 g/mol. The van der Waals surface area contributed by atoms with Crippen molar-refractivity contribution in [3.05, 3.63) is 60.6 Å². The number of nitrogens with zero attached hydrogens (tertiary/aromatic N) is 6. The molecule has 4 heterocycles. The lowest BCUT2D eigenvalue weighted by molar-refractivity contribution is 0.806. The molecule has 0 spiro atoms. The molecule has 6 heteroatoms. The third-order valence-electron chi connectivity index (χ3n) is 4.11. The van der Waals surface area contributed by atoms with E-state index in [1.807, 2.05) is 46.6 Å². The summed E-state index contributed by atoms with van der Waals surface area (Å²) in [5.74, 6) is 0.415. The van der Waals surface area contributed by atoms with E-state index in [9.17, 15) is 0 Å². The van der Waals surface area contributed by atoms with E-state index in [0.717, 1.165) is 28.4 Å². The van der Waals surface area contributed by atoms with Crippen LogP contribution in [0, 0.1) is 6.92 Å². The summed E-state index contributed by atoms with van der Waals surface area (Å²) in [5.41, 5.74) is 5.63. The number of fused-ring (bicyclic) bond motifs is 1. The lowest BCUT2D eigenvalue weighted by Gasteiger charge is -2.09. The van der Waals surface area contributed by atoms with Gasteiger partial charge in [0.1, 0.15) is 17.7 Å². The molecule has 0 saturated heterocycles. The predicted molar refractivity (Wildman–Crippen MR) is 92.2 cm³/mol. The van der Waals surface area contributed by atoms with Gasteiger partial charge in [0.05, 0.1) is 11.9 Å². The smallest absolute Gasteiger partial charge is 0.179 e. The number of hydrogen-bond donors (Lipinski definition) is 0. The Morgan fingerprint density at radius 1 is 1.04 bits per heavy atom. The fourth-order valence-electron chi connectivity index (χ4n) is 2.85. The maximum Gasteiger partial charge on any atom is 0.179 e. The van der Waals surface area contributed by atoms with Gasteiger partial charge in [-0.05, 0) is 30.5 Å². The summed E-state index contributed by atoms with van der Waals surface area (Å²) in [6.07, 6.45) is 9.36. The first kappa shape index (κ1) is 14.6. The van der Waals surface area contributed by atoms with Crippen LogP contribution in [-0.2, 0) is 0 Å². The fourth-order valence-corrected chi connectivity index (χ4v) is 2.85. The molecule has 4 aromatic heterocycles. The van der Waals surface area contributed by atoms with E-state index in [-0.39, 0.29) is 0 Å². The Morgan fingerprint density at radius 2 is 1.92 bits per heavy atom. The fraction of sp³-hybridized carbons (Fsp3) is 0.222. The molecule has 0 bridgehead atoms. The number of aryl methyl sites for hydroxylation is 1. The molecule has 120 valence electrons. The molecule has 0 amide bonds. The van der Waals surface area contributed by atoms with Crippen molar-refractivity contribution in [2.24, 2.45) is 0 Å². The highest BCUT2D eigenvalue weighted by atomic mass is 15.3. The van der Waals surface area contributed by atoms with Gasteiger partial charge in [-0.15, -0.1) is 0 Å². The standard InChI is InChI=1S/C18H18N6/c1-12(2)14-9-24-18(22-13(14)3)17(8-21-24)23-10-16(20-11-23)15-6-4-5-7-19-15/h4-12H,1-3H3. The zero-order valence-corrected chi connectivity index (χ0v) is 13.9. The highest BCUT2D eigenvalue weighted by Crippen LogP contribution is 2.22. The Bertz CT molecular complexity index is 997. The maximum atomic E-state index is 4.75. The number of rotatable bonds is 3. The zero-order valence-electron chi connectivity index (χ0n) is 13.9. The molecule has 4 rings (SSSR count). The summed E-state index contributed by atoms with van der Waals surface area (Å²) in [7, 11) is 0. The molecule has 0 saturated carbocycles.